The summed E-state index contributed by atoms with van der Waals surface area (Å²) >= 11 is 0. The molecule has 0 spiro atoms. The van der Waals surface area contributed by atoms with Crippen LogP contribution in [0.5, 0.6) is 5.75 Å². The van der Waals surface area contributed by atoms with E-state index in [0.29, 0.717) is 0 Å². The lowest BCUT2D eigenvalue weighted by Crippen LogP contribution is -2.43. The molecule has 17 heavy (non-hydrogen) atoms. The van der Waals surface area contributed by atoms with Gasteiger partial charge in [-0.05, 0) is 49.3 Å². The van der Waals surface area contributed by atoms with Gasteiger partial charge in [0.15, 0.2) is 0 Å². The van der Waals surface area contributed by atoms with Crippen LogP contribution in [0.2, 0.25) is 18.1 Å². The molecule has 0 radical (unpaired) electrons. The average molecular weight is 246 g/mol. The lowest BCUT2D eigenvalue weighted by Gasteiger charge is -2.36. The summed E-state index contributed by atoms with van der Waals surface area (Å²) in [6, 6.07) is 8.05. The van der Waals surface area contributed by atoms with Gasteiger partial charge in [0.25, 0.3) is 0 Å². The van der Waals surface area contributed by atoms with Crippen molar-refractivity contribution in [2.24, 2.45) is 0 Å². The highest BCUT2D eigenvalue weighted by Gasteiger charge is 2.38. The maximum Gasteiger partial charge on any atom is 0.250 e. The third-order valence-corrected chi connectivity index (χ3v) is 7.66. The van der Waals surface area contributed by atoms with E-state index in [1.54, 1.807) is 0 Å². The molecule has 0 saturated heterocycles. The standard InChI is InChI=1S/C15H22OSi/c1-7-8-13-9-11-14(12-10-13)16-17(5,6)15(2,3)4/h9-12H,1-6H3. The lowest BCUT2D eigenvalue weighted by atomic mass is 10.2. The van der Waals surface area contributed by atoms with E-state index in [1.807, 2.05) is 31.2 Å². The van der Waals surface area contributed by atoms with Crippen molar-refractivity contribution in [2.75, 3.05) is 0 Å². The zero-order valence-electron chi connectivity index (χ0n) is 11.7. The monoisotopic (exact) mass is 246 g/mol. The van der Waals surface area contributed by atoms with Gasteiger partial charge in [0.05, 0.1) is 0 Å². The predicted molar refractivity (Wildman–Crippen MR) is 76.8 cm³/mol. The zero-order valence-corrected chi connectivity index (χ0v) is 12.7. The predicted octanol–water partition coefficient (Wildman–Crippen LogP) is 4.44. The van der Waals surface area contributed by atoms with E-state index in [0.717, 1.165) is 11.3 Å². The summed E-state index contributed by atoms with van der Waals surface area (Å²) in [7, 11) is -1.72. The van der Waals surface area contributed by atoms with Crippen molar-refractivity contribution >= 4 is 8.32 Å². The van der Waals surface area contributed by atoms with E-state index in [2.05, 4.69) is 45.7 Å². The zero-order chi connectivity index (χ0) is 13.1. The summed E-state index contributed by atoms with van der Waals surface area (Å²) in [6.45, 7) is 13.1. The largest absolute Gasteiger partial charge is 0.544 e. The molecular formula is C15H22OSi. The van der Waals surface area contributed by atoms with Gasteiger partial charge < -0.3 is 4.43 Å². The van der Waals surface area contributed by atoms with Crippen molar-refractivity contribution in [3.8, 4) is 17.6 Å². The molecule has 1 aromatic carbocycles. The molecule has 2 heteroatoms. The molecule has 0 fully saturated rings. The van der Waals surface area contributed by atoms with Gasteiger partial charge in [-0.2, -0.15) is 0 Å². The van der Waals surface area contributed by atoms with Crippen LogP contribution in [0.15, 0.2) is 24.3 Å². The molecule has 0 aliphatic heterocycles. The highest BCUT2D eigenvalue weighted by molar-refractivity contribution is 6.74. The Morgan fingerprint density at radius 3 is 2.00 bits per heavy atom. The van der Waals surface area contributed by atoms with E-state index < -0.39 is 8.32 Å². The molecule has 0 amide bonds. The van der Waals surface area contributed by atoms with E-state index in [-0.39, 0.29) is 5.04 Å². The average Bonchev–Trinajstić information content (AvgIpc) is 2.19. The quantitative estimate of drug-likeness (QED) is 0.553. The maximum absolute atomic E-state index is 6.19. The second kappa shape index (κ2) is 4.97. The van der Waals surface area contributed by atoms with Crippen LogP contribution >= 0.6 is 0 Å². The van der Waals surface area contributed by atoms with E-state index >= 15 is 0 Å². The summed E-state index contributed by atoms with van der Waals surface area (Å²) in [6.07, 6.45) is 0. The first-order valence-electron chi connectivity index (χ1n) is 5.98. The summed E-state index contributed by atoms with van der Waals surface area (Å²) in [5.41, 5.74) is 1.04. The van der Waals surface area contributed by atoms with Crippen molar-refractivity contribution in [2.45, 2.75) is 45.8 Å². The Hall–Kier alpha value is -1.20. The van der Waals surface area contributed by atoms with Gasteiger partial charge in [0, 0.05) is 5.56 Å². The molecule has 0 unspecified atom stereocenters. The van der Waals surface area contributed by atoms with Crippen molar-refractivity contribution < 1.29 is 4.43 Å². The summed E-state index contributed by atoms with van der Waals surface area (Å²) in [5, 5.41) is 0.231. The topological polar surface area (TPSA) is 9.23 Å². The van der Waals surface area contributed by atoms with Crippen LogP contribution in [0, 0.1) is 11.8 Å². The Balaban J connectivity index is 2.85. The van der Waals surface area contributed by atoms with Crippen LogP contribution in [-0.4, -0.2) is 8.32 Å². The molecule has 1 nitrogen and oxygen atoms in total. The smallest absolute Gasteiger partial charge is 0.250 e. The fraction of sp³-hybridized carbons (Fsp3) is 0.467. The van der Waals surface area contributed by atoms with Crippen LogP contribution in [-0.2, 0) is 0 Å². The second-order valence-electron chi connectivity index (χ2n) is 5.76. The van der Waals surface area contributed by atoms with Gasteiger partial charge in [-0.3, -0.25) is 0 Å². The first-order chi connectivity index (χ1) is 7.76. The minimum atomic E-state index is -1.72. The van der Waals surface area contributed by atoms with Gasteiger partial charge in [-0.1, -0.05) is 26.7 Å². The summed E-state index contributed by atoms with van der Waals surface area (Å²) in [5.74, 6) is 6.88. The minimum Gasteiger partial charge on any atom is -0.544 e. The number of hydrogen-bond donors (Lipinski definition) is 0. The normalized spacial score (nSPS) is 11.6. The molecule has 0 saturated carbocycles. The van der Waals surface area contributed by atoms with Gasteiger partial charge >= 0.3 is 0 Å². The van der Waals surface area contributed by atoms with Gasteiger partial charge in [-0.25, -0.2) is 0 Å². The lowest BCUT2D eigenvalue weighted by molar-refractivity contribution is 0.492. The first kappa shape index (κ1) is 13.9. The fourth-order valence-corrected chi connectivity index (χ4v) is 2.23. The molecular weight excluding hydrogens is 224 g/mol. The molecule has 0 atom stereocenters. The third-order valence-electron chi connectivity index (χ3n) is 3.30. The van der Waals surface area contributed by atoms with Crippen molar-refractivity contribution in [3.05, 3.63) is 29.8 Å². The Kier molecular flexibility index (Phi) is 4.06. The number of benzene rings is 1. The Bertz CT molecular complexity index is 427. The van der Waals surface area contributed by atoms with E-state index in [4.69, 9.17) is 4.43 Å². The van der Waals surface area contributed by atoms with Crippen LogP contribution in [0.3, 0.4) is 0 Å². The van der Waals surface area contributed by atoms with Crippen molar-refractivity contribution in [1.29, 1.82) is 0 Å². The molecule has 0 aliphatic rings. The van der Waals surface area contributed by atoms with Crippen LogP contribution in [0.1, 0.15) is 33.3 Å². The summed E-state index contributed by atoms with van der Waals surface area (Å²) in [4.78, 5) is 0. The highest BCUT2D eigenvalue weighted by Crippen LogP contribution is 2.37. The molecule has 0 aromatic heterocycles. The molecule has 1 aromatic rings. The Morgan fingerprint density at radius 1 is 1.06 bits per heavy atom. The SMILES string of the molecule is CC#Cc1ccc(O[Si](C)(C)C(C)(C)C)cc1. The van der Waals surface area contributed by atoms with Crippen LogP contribution in [0.25, 0.3) is 0 Å². The Labute approximate surface area is 106 Å². The number of rotatable bonds is 2. The van der Waals surface area contributed by atoms with E-state index in [1.165, 1.54) is 0 Å². The van der Waals surface area contributed by atoms with Crippen molar-refractivity contribution in [1.82, 2.24) is 0 Å². The van der Waals surface area contributed by atoms with Crippen LogP contribution < -0.4 is 4.43 Å². The second-order valence-corrected chi connectivity index (χ2v) is 10.5. The molecule has 0 aliphatic carbocycles. The van der Waals surface area contributed by atoms with Gasteiger partial charge in [-0.15, -0.1) is 5.92 Å². The van der Waals surface area contributed by atoms with Gasteiger partial charge in [0.1, 0.15) is 5.75 Å². The fourth-order valence-electron chi connectivity index (χ4n) is 1.20. The molecule has 0 heterocycles. The third kappa shape index (κ3) is 3.64. The van der Waals surface area contributed by atoms with Gasteiger partial charge in [0.2, 0.25) is 8.32 Å². The van der Waals surface area contributed by atoms with Crippen LogP contribution in [0.4, 0.5) is 0 Å². The van der Waals surface area contributed by atoms with E-state index in [9.17, 15) is 0 Å². The molecule has 0 N–H and O–H groups in total. The highest BCUT2D eigenvalue weighted by atomic mass is 28.4. The Morgan fingerprint density at radius 2 is 1.59 bits per heavy atom. The summed E-state index contributed by atoms with van der Waals surface area (Å²) < 4.78 is 6.19. The first-order valence-corrected chi connectivity index (χ1v) is 8.89. The molecule has 0 bridgehead atoms. The molecule has 1 rings (SSSR count). The van der Waals surface area contributed by atoms with Crippen molar-refractivity contribution in [3.63, 3.8) is 0 Å². The molecule has 92 valence electrons. The number of hydrogen-bond acceptors (Lipinski definition) is 1. The maximum atomic E-state index is 6.19. The minimum absolute atomic E-state index is 0.231.